The van der Waals surface area contributed by atoms with Gasteiger partial charge in [-0.2, -0.15) is 10.8 Å². The second-order valence-electron chi connectivity index (χ2n) is 16.5. The molecule has 7 heteroatoms. The minimum absolute atomic E-state index is 0. The fraction of sp³-hybridized carbons (Fsp3) is 0.706. The molecule has 2 aromatic carbocycles. The molecule has 0 aromatic heterocycles. The molecular weight excluding hydrogens is 610 g/mol. The van der Waals surface area contributed by atoms with Crippen molar-refractivity contribution in [3.05, 3.63) is 47.5 Å². The predicted octanol–water partition coefficient (Wildman–Crippen LogP) is 7.77. The summed E-state index contributed by atoms with van der Waals surface area (Å²) in [5.41, 5.74) is 3.56. The van der Waals surface area contributed by atoms with Crippen LogP contribution in [0.3, 0.4) is 0 Å². The maximum atomic E-state index is 3.75. The van der Waals surface area contributed by atoms with Crippen LogP contribution in [-0.4, -0.2) is 52.6 Å². The second-order valence-corrected chi connectivity index (χ2v) is 31.4. The van der Waals surface area contributed by atoms with Gasteiger partial charge in [0.25, 0.3) is 0 Å². The Kier molecular flexibility index (Phi) is 13.1. The largest absolute Gasteiger partial charge is 0.748 e. The van der Waals surface area contributed by atoms with Crippen molar-refractivity contribution in [3.63, 3.8) is 0 Å². The number of rotatable bonds is 7. The molecule has 2 N–H and O–H groups in total. The van der Waals surface area contributed by atoms with Gasteiger partial charge in [-0.3, -0.25) is 0 Å². The number of hydrogen-bond donors (Lipinski definition) is 2. The van der Waals surface area contributed by atoms with Crippen molar-refractivity contribution in [2.24, 2.45) is 11.8 Å². The molecule has 0 amide bonds. The van der Waals surface area contributed by atoms with Gasteiger partial charge in [0.1, 0.15) is 0 Å². The van der Waals surface area contributed by atoms with Crippen molar-refractivity contribution in [2.75, 3.05) is 26.2 Å². The first-order valence-electron chi connectivity index (χ1n) is 15.8. The second kappa shape index (κ2) is 14.2. The van der Waals surface area contributed by atoms with Crippen LogP contribution in [0.1, 0.15) is 65.5 Å². The van der Waals surface area contributed by atoms with Gasteiger partial charge in [0.2, 0.25) is 0 Å². The topological polar surface area (TPSA) is 24.1 Å². The summed E-state index contributed by atoms with van der Waals surface area (Å²) in [7, 11) is 0.311. The van der Waals surface area contributed by atoms with E-state index in [1.165, 1.54) is 45.2 Å². The van der Waals surface area contributed by atoms with E-state index in [1.54, 1.807) is 10.8 Å². The molecule has 0 saturated carbocycles. The smallest absolute Gasteiger partial charge is 0.0508 e. The van der Waals surface area contributed by atoms with Gasteiger partial charge >= 0.3 is 0 Å². The van der Waals surface area contributed by atoms with E-state index in [0.29, 0.717) is 22.1 Å². The third-order valence-electron chi connectivity index (χ3n) is 9.17. The zero-order valence-electron chi connectivity index (χ0n) is 28.4. The molecule has 0 aliphatic carbocycles. The van der Waals surface area contributed by atoms with Gasteiger partial charge in [0.15, 0.2) is 0 Å². The van der Waals surface area contributed by atoms with Gasteiger partial charge in [-0.25, -0.2) is 11.3 Å². The van der Waals surface area contributed by atoms with Crippen LogP contribution in [0.2, 0.25) is 39.3 Å². The first-order chi connectivity index (χ1) is 18.3. The van der Waals surface area contributed by atoms with Crippen LogP contribution < -0.4 is 21.0 Å². The Morgan fingerprint density at radius 3 is 1.51 bits per heavy atom. The molecule has 0 bridgehead atoms. The summed E-state index contributed by atoms with van der Waals surface area (Å²) in [6.07, 6.45) is 3.91. The number of nitrogens with one attached hydrogen (secondary N) is 2. The van der Waals surface area contributed by atoms with Crippen LogP contribution in [0.15, 0.2) is 36.4 Å². The molecule has 2 aliphatic heterocycles. The Morgan fingerprint density at radius 2 is 1.22 bits per heavy atom. The van der Waals surface area contributed by atoms with Crippen LogP contribution in [0.4, 0.5) is 0 Å². The average Bonchev–Trinajstić information content (AvgIpc) is 3.62. The van der Waals surface area contributed by atoms with Crippen LogP contribution >= 0.6 is 17.2 Å². The minimum atomic E-state index is -1.55. The van der Waals surface area contributed by atoms with E-state index in [0.717, 1.165) is 0 Å². The van der Waals surface area contributed by atoms with Crippen LogP contribution in [-0.2, 0) is 28.4 Å². The Labute approximate surface area is 271 Å². The van der Waals surface area contributed by atoms with E-state index in [-0.39, 0.29) is 30.1 Å². The minimum Gasteiger partial charge on any atom is -0.748 e. The Morgan fingerprint density at radius 1 is 0.805 bits per heavy atom. The summed E-state index contributed by atoms with van der Waals surface area (Å²) in [6.45, 7) is 35.4. The number of hydrogen-bond acceptors (Lipinski definition) is 2. The first-order valence-corrected chi connectivity index (χ1v) is 24.9. The Balaban J connectivity index is 0.000000883. The van der Waals surface area contributed by atoms with Gasteiger partial charge < -0.3 is 41.0 Å². The molecule has 3 unspecified atom stereocenters. The van der Waals surface area contributed by atoms with Crippen molar-refractivity contribution in [3.8, 4) is 0 Å². The Bertz CT molecular complexity index is 1010. The van der Waals surface area contributed by atoms with Gasteiger partial charge in [-0.15, -0.1) is 22.7 Å². The maximum Gasteiger partial charge on any atom is 0.0508 e. The van der Waals surface area contributed by atoms with E-state index in [2.05, 4.69) is 107 Å². The summed E-state index contributed by atoms with van der Waals surface area (Å²) < 4.78 is 0. The molecule has 2 aliphatic rings. The van der Waals surface area contributed by atoms with Crippen LogP contribution in [0.5, 0.6) is 0 Å². The standard InChI is InChI=1S/C29H57N2P2Si2.C5H5.Fe/c1-27(2,3)33(28(4,5)6)20-23-24(17-25(34(7,8)9)26(23)35(10,11)12)29(32,21-13-15-30-18-21)22-14-16-31-19-22;1-2-4-5-3-1;/h17,21-22,30-31H,13-16,18-20,32H2,1-12H3;1-5H;/q-1;-5;. The molecule has 2 fully saturated rings. The normalized spacial score (nSPS) is 21.8. The molecule has 41 heavy (non-hydrogen) atoms. The van der Waals surface area contributed by atoms with Crippen molar-refractivity contribution in [1.82, 2.24) is 10.6 Å². The first kappa shape index (κ1) is 37.6. The summed E-state index contributed by atoms with van der Waals surface area (Å²) in [6, 6.07) is 12.8. The third-order valence-corrected chi connectivity index (χ3v) is 18.6. The van der Waals surface area contributed by atoms with E-state index >= 15 is 0 Å². The summed E-state index contributed by atoms with van der Waals surface area (Å²) >= 11 is 0. The summed E-state index contributed by atoms with van der Waals surface area (Å²) in [5, 5.41) is 12.0. The molecule has 2 saturated heterocycles. The van der Waals surface area contributed by atoms with Crippen LogP contribution in [0, 0.1) is 11.8 Å². The molecule has 4 rings (SSSR count). The van der Waals surface area contributed by atoms with Gasteiger partial charge in [-0.05, 0) is 66.3 Å². The Hall–Kier alpha value is 0.433. The molecule has 3 atom stereocenters. The van der Waals surface area contributed by atoms with E-state index in [4.69, 9.17) is 0 Å². The van der Waals surface area contributed by atoms with Gasteiger partial charge in [0.05, 0.1) is 8.07 Å². The van der Waals surface area contributed by atoms with Gasteiger partial charge in [0, 0.05) is 25.1 Å². The zero-order chi connectivity index (χ0) is 30.1. The fourth-order valence-electron chi connectivity index (χ4n) is 7.46. The molecule has 2 aromatic rings. The van der Waals surface area contributed by atoms with E-state index in [9.17, 15) is 0 Å². The third kappa shape index (κ3) is 9.01. The van der Waals surface area contributed by atoms with Crippen molar-refractivity contribution in [2.45, 2.75) is 115 Å². The van der Waals surface area contributed by atoms with Crippen molar-refractivity contribution in [1.29, 1.82) is 0 Å². The SMILES string of the molecule is CC(C)(C)P(C[c-]1c(C(P)(C2CCNC2)C2CCNC2)cc([Si](C)(C)C)c1[Si](C)(C)C)C(C)(C)C.[Fe].[cH-]1[cH-][cH-][cH-][cH-]1. The molecule has 240 valence electrons. The predicted molar refractivity (Wildman–Crippen MR) is 194 cm³/mol. The molecule has 2 heterocycles. The molecule has 0 spiro atoms. The maximum absolute atomic E-state index is 3.75. The van der Waals surface area contributed by atoms with E-state index in [1.807, 2.05) is 41.1 Å². The quantitative estimate of drug-likeness (QED) is 0.179. The average molecular weight is 673 g/mol. The zero-order valence-corrected chi connectivity index (χ0v) is 33.6. The van der Waals surface area contributed by atoms with Crippen LogP contribution in [0.25, 0.3) is 0 Å². The summed E-state index contributed by atoms with van der Waals surface area (Å²) in [5.74, 6) is 1.41. The van der Waals surface area contributed by atoms with E-state index < -0.39 is 16.1 Å². The van der Waals surface area contributed by atoms with Gasteiger partial charge in [-0.1, -0.05) is 87.0 Å². The summed E-state index contributed by atoms with van der Waals surface area (Å²) in [4.78, 5) is 0. The molecular formula is C34H62FeN2P2Si2-6. The molecule has 2 nitrogen and oxygen atoms in total. The van der Waals surface area contributed by atoms with Crippen molar-refractivity contribution < 1.29 is 17.1 Å². The molecule has 0 radical (unpaired) electrons. The fourth-order valence-corrected chi connectivity index (χ4v) is 17.8. The monoisotopic (exact) mass is 672 g/mol. The van der Waals surface area contributed by atoms with Crippen molar-refractivity contribution >= 4 is 43.7 Å².